The molecule has 0 fully saturated rings. The second-order valence-corrected chi connectivity index (χ2v) is 8.60. The number of nitrogens with one attached hydrogen (secondary N) is 2. The summed E-state index contributed by atoms with van der Waals surface area (Å²) in [5.74, 6) is -0.684. The Kier molecular flexibility index (Phi) is 6.86. The van der Waals surface area contributed by atoms with E-state index in [1.165, 1.54) is 37.5 Å². The number of unbranched alkanes of at least 4 members (excludes halogenated alkanes) is 2. The molecular formula is C22H25N5O3S. The molecule has 2 heterocycles. The van der Waals surface area contributed by atoms with E-state index in [4.69, 9.17) is 5.73 Å². The van der Waals surface area contributed by atoms with Crippen molar-refractivity contribution >= 4 is 44.3 Å². The maximum absolute atomic E-state index is 12.8. The molecule has 1 aliphatic heterocycles. The number of guanidine groups is 1. The van der Waals surface area contributed by atoms with E-state index < -0.39 is 15.9 Å². The number of nitrogens with two attached hydrogens (primary N) is 1. The lowest BCUT2D eigenvalue weighted by Gasteiger charge is -2.11. The molecule has 4 N–H and O–H groups in total. The lowest BCUT2D eigenvalue weighted by atomic mass is 10.1. The Balaban J connectivity index is 0.000000491. The number of carbonyl (C=O) groups excluding carboxylic acids is 1. The van der Waals surface area contributed by atoms with Gasteiger partial charge in [0.1, 0.15) is 10.7 Å². The lowest BCUT2D eigenvalue weighted by molar-refractivity contribution is 0.0978. The van der Waals surface area contributed by atoms with E-state index >= 15 is 0 Å². The summed E-state index contributed by atoms with van der Waals surface area (Å²) in [6, 6.07) is 14.4. The molecule has 162 valence electrons. The number of para-hydroxylation sites is 2. The Morgan fingerprint density at radius 1 is 1.00 bits per heavy atom. The molecule has 0 unspecified atom stereocenters. The summed E-state index contributed by atoms with van der Waals surface area (Å²) in [7, 11) is -3.98. The molecule has 31 heavy (non-hydrogen) atoms. The average molecular weight is 440 g/mol. The Hall–Kier alpha value is -3.46. The van der Waals surface area contributed by atoms with Gasteiger partial charge < -0.3 is 5.73 Å². The van der Waals surface area contributed by atoms with Gasteiger partial charge in [0, 0.05) is 5.39 Å². The fraction of sp³-hybridized carbons (Fsp3) is 0.227. The van der Waals surface area contributed by atoms with Crippen molar-refractivity contribution in [2.24, 2.45) is 10.7 Å². The number of aliphatic imine (C=N–C) groups is 1. The zero-order valence-corrected chi connectivity index (χ0v) is 18.2. The highest BCUT2D eigenvalue weighted by atomic mass is 32.2. The minimum absolute atomic E-state index is 0.0316. The third-order valence-electron chi connectivity index (χ3n) is 4.54. The number of aromatic nitrogens is 1. The number of carbonyl (C=O) groups is 1. The molecule has 2 bridgehead atoms. The molecule has 9 heteroatoms. The van der Waals surface area contributed by atoms with Gasteiger partial charge in [0.2, 0.25) is 5.96 Å². The molecule has 2 aromatic carbocycles. The summed E-state index contributed by atoms with van der Waals surface area (Å²) in [5, 5.41) is 3.05. The summed E-state index contributed by atoms with van der Waals surface area (Å²) in [4.78, 5) is 20.9. The van der Waals surface area contributed by atoms with Gasteiger partial charge in [-0.15, -0.1) is 0 Å². The van der Waals surface area contributed by atoms with Crippen LogP contribution in [0.2, 0.25) is 0 Å². The van der Waals surface area contributed by atoms with Gasteiger partial charge in [0.05, 0.1) is 16.8 Å². The normalized spacial score (nSPS) is 14.6. The van der Waals surface area contributed by atoms with Gasteiger partial charge in [0.15, 0.2) is 0 Å². The largest absolute Gasteiger partial charge is 0.369 e. The highest BCUT2D eigenvalue weighted by Gasteiger charge is 2.22. The third kappa shape index (κ3) is 5.18. The smallest absolute Gasteiger partial charge is 0.265 e. The fourth-order valence-electron chi connectivity index (χ4n) is 3.08. The molecule has 0 aliphatic carbocycles. The first kappa shape index (κ1) is 22.2. The SMILES string of the molecule is CCCCC.NC1=Nc2ccccc2S(=O)(=O)Nc2cc(c3ccccc3n2)C(=O)N1. The van der Waals surface area contributed by atoms with Crippen molar-refractivity contribution in [1.29, 1.82) is 0 Å². The minimum Gasteiger partial charge on any atom is -0.369 e. The zero-order valence-electron chi connectivity index (χ0n) is 17.4. The molecule has 1 aromatic heterocycles. The van der Waals surface area contributed by atoms with Crippen LogP contribution in [0.1, 0.15) is 43.5 Å². The highest BCUT2D eigenvalue weighted by Crippen LogP contribution is 2.28. The minimum atomic E-state index is -3.98. The number of hydrogen-bond acceptors (Lipinski definition) is 6. The van der Waals surface area contributed by atoms with Crippen LogP contribution in [-0.4, -0.2) is 25.3 Å². The van der Waals surface area contributed by atoms with Crippen LogP contribution in [0, 0.1) is 0 Å². The van der Waals surface area contributed by atoms with Crippen LogP contribution in [0.15, 0.2) is 64.5 Å². The van der Waals surface area contributed by atoms with Crippen LogP contribution in [0.5, 0.6) is 0 Å². The maximum Gasteiger partial charge on any atom is 0.265 e. The molecule has 3 aromatic rings. The van der Waals surface area contributed by atoms with E-state index in [1.54, 1.807) is 36.4 Å². The van der Waals surface area contributed by atoms with Gasteiger partial charge in [-0.25, -0.2) is 18.4 Å². The molecule has 0 radical (unpaired) electrons. The van der Waals surface area contributed by atoms with Gasteiger partial charge >= 0.3 is 0 Å². The molecule has 1 aliphatic rings. The van der Waals surface area contributed by atoms with Gasteiger partial charge in [-0.1, -0.05) is 63.4 Å². The van der Waals surface area contributed by atoms with Crippen molar-refractivity contribution in [3.05, 3.63) is 60.2 Å². The van der Waals surface area contributed by atoms with Crippen molar-refractivity contribution in [2.45, 2.75) is 38.0 Å². The number of benzene rings is 2. The van der Waals surface area contributed by atoms with E-state index in [0.717, 1.165) is 0 Å². The number of sulfonamides is 1. The summed E-state index contributed by atoms with van der Waals surface area (Å²) in [6.45, 7) is 4.42. The van der Waals surface area contributed by atoms with E-state index in [-0.39, 0.29) is 27.9 Å². The Labute approximate surface area is 181 Å². The molecule has 1 amide bonds. The fourth-order valence-corrected chi connectivity index (χ4v) is 4.22. The first-order chi connectivity index (χ1) is 14.9. The van der Waals surface area contributed by atoms with Crippen LogP contribution in [-0.2, 0) is 10.0 Å². The molecule has 0 spiro atoms. The van der Waals surface area contributed by atoms with Crippen LogP contribution < -0.4 is 15.8 Å². The number of hydrogen-bond donors (Lipinski definition) is 3. The van der Waals surface area contributed by atoms with Crippen molar-refractivity contribution < 1.29 is 13.2 Å². The molecule has 4 rings (SSSR count). The van der Waals surface area contributed by atoms with E-state index in [9.17, 15) is 13.2 Å². The Bertz CT molecular complexity index is 1240. The van der Waals surface area contributed by atoms with Crippen molar-refractivity contribution in [2.75, 3.05) is 4.72 Å². The van der Waals surface area contributed by atoms with Crippen LogP contribution in [0.3, 0.4) is 0 Å². The number of amides is 1. The number of anilines is 1. The van der Waals surface area contributed by atoms with Crippen molar-refractivity contribution in [1.82, 2.24) is 10.3 Å². The molecule has 8 nitrogen and oxygen atoms in total. The molecular weight excluding hydrogens is 414 g/mol. The third-order valence-corrected chi connectivity index (χ3v) is 5.95. The zero-order chi connectivity index (χ0) is 22.4. The molecule has 0 saturated heterocycles. The average Bonchev–Trinajstić information content (AvgIpc) is 2.74. The van der Waals surface area contributed by atoms with Gasteiger partial charge in [-0.05, 0) is 24.3 Å². The number of rotatable bonds is 2. The quantitative estimate of drug-likeness (QED) is 0.558. The second-order valence-electron chi connectivity index (χ2n) is 6.95. The number of nitrogens with zero attached hydrogens (tertiary/aromatic N) is 2. The Morgan fingerprint density at radius 2 is 1.68 bits per heavy atom. The summed E-state index contributed by atoms with van der Waals surface area (Å²) >= 11 is 0. The maximum atomic E-state index is 12.8. The highest BCUT2D eigenvalue weighted by molar-refractivity contribution is 7.92. The van der Waals surface area contributed by atoms with Gasteiger partial charge in [-0.2, -0.15) is 0 Å². The van der Waals surface area contributed by atoms with E-state index in [1.807, 2.05) is 0 Å². The van der Waals surface area contributed by atoms with Crippen molar-refractivity contribution in [3.8, 4) is 0 Å². The number of pyridine rings is 1. The van der Waals surface area contributed by atoms with Crippen molar-refractivity contribution in [3.63, 3.8) is 0 Å². The predicted octanol–water partition coefficient (Wildman–Crippen LogP) is 3.92. The van der Waals surface area contributed by atoms with Crippen LogP contribution in [0.4, 0.5) is 11.5 Å². The van der Waals surface area contributed by atoms with Crippen LogP contribution in [0.25, 0.3) is 10.9 Å². The number of fused-ring (bicyclic) bond motifs is 5. The topological polar surface area (TPSA) is 127 Å². The summed E-state index contributed by atoms with van der Waals surface area (Å²) in [6.07, 6.45) is 4.08. The summed E-state index contributed by atoms with van der Waals surface area (Å²) in [5.41, 5.74) is 6.62. The first-order valence-corrected chi connectivity index (χ1v) is 11.5. The standard InChI is InChI=1S/C17H13N5O3S.C5H12/c18-17-20-13-7-3-4-8-14(13)26(24,25)22-15-9-11(16(23)21-17)10-5-1-2-6-12(10)19-15;1-3-5-4-2/h1-9H,(H,19,22)(H3,18,20,21,23);3-5H2,1-2H3. The first-order valence-electron chi connectivity index (χ1n) is 10.0. The summed E-state index contributed by atoms with van der Waals surface area (Å²) < 4.78 is 28.0. The second kappa shape index (κ2) is 9.57. The Morgan fingerprint density at radius 3 is 2.39 bits per heavy atom. The van der Waals surface area contributed by atoms with Crippen LogP contribution >= 0.6 is 0 Å². The predicted molar refractivity (Wildman–Crippen MR) is 123 cm³/mol. The molecule has 0 saturated carbocycles. The van der Waals surface area contributed by atoms with Gasteiger partial charge in [-0.3, -0.25) is 14.8 Å². The van der Waals surface area contributed by atoms with E-state index in [0.29, 0.717) is 10.9 Å². The lowest BCUT2D eigenvalue weighted by Crippen LogP contribution is -2.36. The monoisotopic (exact) mass is 439 g/mol. The van der Waals surface area contributed by atoms with E-state index in [2.05, 4.69) is 33.9 Å². The van der Waals surface area contributed by atoms with Gasteiger partial charge in [0.25, 0.3) is 15.9 Å². The molecule has 0 atom stereocenters.